The predicted octanol–water partition coefficient (Wildman–Crippen LogP) is 2.44. The molecule has 0 saturated carbocycles. The molecule has 94 valence electrons. The van der Waals surface area contributed by atoms with Gasteiger partial charge in [0.15, 0.2) is 0 Å². The average Bonchev–Trinajstić information content (AvgIpc) is 2.39. The van der Waals surface area contributed by atoms with Crippen LogP contribution in [0.2, 0.25) is 0 Å². The first-order valence-corrected chi connectivity index (χ1v) is 5.85. The van der Waals surface area contributed by atoms with Gasteiger partial charge >= 0.3 is 0 Å². The maximum atomic E-state index is 13.2. The monoisotopic (exact) mass is 240 g/mol. The number of rotatable bonds is 3. The molecule has 1 aromatic rings. The van der Waals surface area contributed by atoms with Gasteiger partial charge in [0, 0.05) is 12.2 Å². The molecule has 0 spiro atoms. The van der Waals surface area contributed by atoms with Crippen LogP contribution in [0, 0.1) is 5.82 Å². The topological polar surface area (TPSA) is 38.7 Å². The highest BCUT2D eigenvalue weighted by molar-refractivity contribution is 5.36. The molecule has 17 heavy (non-hydrogen) atoms. The molecule has 1 saturated heterocycles. The van der Waals surface area contributed by atoms with Crippen molar-refractivity contribution in [1.82, 2.24) is 0 Å². The van der Waals surface area contributed by atoms with Crippen molar-refractivity contribution in [2.45, 2.75) is 31.5 Å². The fourth-order valence-corrected chi connectivity index (χ4v) is 2.15. The molecule has 0 aromatic heterocycles. The summed E-state index contributed by atoms with van der Waals surface area (Å²) in [5.74, 6) is 0.115. The number of halogens is 1. The Balaban J connectivity index is 2.21. The van der Waals surface area contributed by atoms with Crippen molar-refractivity contribution < 1.29 is 19.0 Å². The highest BCUT2D eigenvalue weighted by Crippen LogP contribution is 2.32. The van der Waals surface area contributed by atoms with Crippen molar-refractivity contribution in [3.05, 3.63) is 29.6 Å². The van der Waals surface area contributed by atoms with E-state index in [0.29, 0.717) is 17.9 Å². The zero-order chi connectivity index (χ0) is 12.3. The van der Waals surface area contributed by atoms with E-state index < -0.39 is 6.10 Å². The van der Waals surface area contributed by atoms with Gasteiger partial charge in [-0.15, -0.1) is 0 Å². The first kappa shape index (κ1) is 12.3. The van der Waals surface area contributed by atoms with Gasteiger partial charge in [-0.3, -0.25) is 0 Å². The molecule has 0 bridgehead atoms. The number of methoxy groups -OCH3 is 1. The Morgan fingerprint density at radius 1 is 1.47 bits per heavy atom. The number of hydrogen-bond donors (Lipinski definition) is 1. The number of aliphatic hydroxyl groups is 1. The Labute approximate surface area is 100 Å². The third-order valence-electron chi connectivity index (χ3n) is 3.08. The van der Waals surface area contributed by atoms with E-state index in [1.807, 2.05) is 0 Å². The quantitative estimate of drug-likeness (QED) is 0.882. The van der Waals surface area contributed by atoms with Crippen LogP contribution in [-0.2, 0) is 4.74 Å². The molecule has 2 unspecified atom stereocenters. The van der Waals surface area contributed by atoms with Crippen molar-refractivity contribution in [3.8, 4) is 5.75 Å². The molecule has 1 N–H and O–H groups in total. The molecular formula is C13H17FO3. The first-order valence-electron chi connectivity index (χ1n) is 5.85. The second-order valence-electron chi connectivity index (χ2n) is 4.24. The second-order valence-corrected chi connectivity index (χ2v) is 4.24. The Morgan fingerprint density at radius 3 is 2.94 bits per heavy atom. The normalized spacial score (nSPS) is 22.2. The maximum Gasteiger partial charge on any atom is 0.124 e. The van der Waals surface area contributed by atoms with Gasteiger partial charge in [0.25, 0.3) is 0 Å². The van der Waals surface area contributed by atoms with Crippen molar-refractivity contribution in [2.24, 2.45) is 0 Å². The molecule has 1 aromatic carbocycles. The van der Waals surface area contributed by atoms with Crippen LogP contribution < -0.4 is 4.74 Å². The Hall–Kier alpha value is -1.13. The van der Waals surface area contributed by atoms with Crippen LogP contribution in [0.25, 0.3) is 0 Å². The lowest BCUT2D eigenvalue weighted by Crippen LogP contribution is -2.26. The zero-order valence-corrected chi connectivity index (χ0v) is 9.86. The van der Waals surface area contributed by atoms with Gasteiger partial charge < -0.3 is 14.6 Å². The molecule has 4 heteroatoms. The van der Waals surface area contributed by atoms with Gasteiger partial charge in [-0.05, 0) is 37.5 Å². The number of hydrogen-bond acceptors (Lipinski definition) is 3. The van der Waals surface area contributed by atoms with Gasteiger partial charge in [-0.1, -0.05) is 0 Å². The lowest BCUT2D eigenvalue weighted by molar-refractivity contribution is -0.0640. The summed E-state index contributed by atoms with van der Waals surface area (Å²) in [6.07, 6.45) is 1.74. The zero-order valence-electron chi connectivity index (χ0n) is 9.86. The molecule has 1 aliphatic rings. The SMILES string of the molecule is COc1ccc(F)cc1C(O)C1CCCCO1. The molecule has 0 radical (unpaired) electrons. The van der Waals surface area contributed by atoms with Gasteiger partial charge in [0.1, 0.15) is 17.7 Å². The van der Waals surface area contributed by atoms with Crippen LogP contribution >= 0.6 is 0 Å². The fourth-order valence-electron chi connectivity index (χ4n) is 2.15. The number of benzene rings is 1. The predicted molar refractivity (Wildman–Crippen MR) is 61.5 cm³/mol. The van der Waals surface area contributed by atoms with Crippen molar-refractivity contribution >= 4 is 0 Å². The van der Waals surface area contributed by atoms with Crippen molar-refractivity contribution in [1.29, 1.82) is 0 Å². The van der Waals surface area contributed by atoms with E-state index in [4.69, 9.17) is 9.47 Å². The maximum absolute atomic E-state index is 13.2. The summed E-state index contributed by atoms with van der Waals surface area (Å²) < 4.78 is 23.8. The van der Waals surface area contributed by atoms with E-state index in [2.05, 4.69) is 0 Å². The van der Waals surface area contributed by atoms with Crippen LogP contribution in [0.5, 0.6) is 5.75 Å². The van der Waals surface area contributed by atoms with Gasteiger partial charge in [0.2, 0.25) is 0 Å². The van der Waals surface area contributed by atoms with E-state index in [1.54, 1.807) is 0 Å². The van der Waals surface area contributed by atoms with Crippen LogP contribution in [0.1, 0.15) is 30.9 Å². The third kappa shape index (κ3) is 2.76. The van der Waals surface area contributed by atoms with Gasteiger partial charge in [0.05, 0.1) is 13.2 Å². The smallest absolute Gasteiger partial charge is 0.124 e. The van der Waals surface area contributed by atoms with Crippen LogP contribution in [0.3, 0.4) is 0 Å². The molecule has 0 amide bonds. The summed E-state index contributed by atoms with van der Waals surface area (Å²) in [5, 5.41) is 10.2. The van der Waals surface area contributed by atoms with E-state index >= 15 is 0 Å². The molecule has 1 fully saturated rings. The molecule has 2 rings (SSSR count). The van der Waals surface area contributed by atoms with E-state index in [-0.39, 0.29) is 11.9 Å². The largest absolute Gasteiger partial charge is 0.496 e. The third-order valence-corrected chi connectivity index (χ3v) is 3.08. The Morgan fingerprint density at radius 2 is 2.29 bits per heavy atom. The molecule has 3 nitrogen and oxygen atoms in total. The summed E-state index contributed by atoms with van der Waals surface area (Å²) in [6, 6.07) is 4.15. The summed E-state index contributed by atoms with van der Waals surface area (Å²) in [6.45, 7) is 0.652. The average molecular weight is 240 g/mol. The minimum atomic E-state index is -0.832. The highest BCUT2D eigenvalue weighted by atomic mass is 19.1. The first-order chi connectivity index (χ1) is 8.22. The van der Waals surface area contributed by atoms with Crippen LogP contribution in [0.15, 0.2) is 18.2 Å². The minimum Gasteiger partial charge on any atom is -0.496 e. The Bertz CT molecular complexity index is 375. The van der Waals surface area contributed by atoms with E-state index in [1.165, 1.54) is 25.3 Å². The van der Waals surface area contributed by atoms with Crippen molar-refractivity contribution in [2.75, 3.05) is 13.7 Å². The summed E-state index contributed by atoms with van der Waals surface area (Å²) in [5.41, 5.74) is 0.458. The fraction of sp³-hybridized carbons (Fsp3) is 0.538. The van der Waals surface area contributed by atoms with E-state index in [9.17, 15) is 9.50 Å². The van der Waals surface area contributed by atoms with Crippen LogP contribution in [-0.4, -0.2) is 24.9 Å². The lowest BCUT2D eigenvalue weighted by Gasteiger charge is -2.28. The number of ether oxygens (including phenoxy) is 2. The second kappa shape index (κ2) is 5.47. The Kier molecular flexibility index (Phi) is 3.97. The molecule has 0 aliphatic carbocycles. The van der Waals surface area contributed by atoms with Gasteiger partial charge in [-0.2, -0.15) is 0 Å². The lowest BCUT2D eigenvalue weighted by atomic mass is 9.97. The van der Waals surface area contributed by atoms with Crippen molar-refractivity contribution in [3.63, 3.8) is 0 Å². The van der Waals surface area contributed by atoms with Crippen LogP contribution in [0.4, 0.5) is 4.39 Å². The number of aliphatic hydroxyl groups excluding tert-OH is 1. The summed E-state index contributed by atoms with van der Waals surface area (Å²) in [7, 11) is 1.51. The summed E-state index contributed by atoms with van der Waals surface area (Å²) >= 11 is 0. The van der Waals surface area contributed by atoms with Gasteiger partial charge in [-0.25, -0.2) is 4.39 Å². The molecule has 1 heterocycles. The van der Waals surface area contributed by atoms with E-state index in [0.717, 1.165) is 19.3 Å². The molecular weight excluding hydrogens is 223 g/mol. The minimum absolute atomic E-state index is 0.264. The summed E-state index contributed by atoms with van der Waals surface area (Å²) in [4.78, 5) is 0. The standard InChI is InChI=1S/C13H17FO3/c1-16-11-6-5-9(14)8-10(11)13(15)12-4-2-3-7-17-12/h5-6,8,12-13,15H,2-4,7H2,1H3. The molecule has 2 atom stereocenters. The molecule has 1 aliphatic heterocycles. The highest BCUT2D eigenvalue weighted by Gasteiger charge is 2.26.